The summed E-state index contributed by atoms with van der Waals surface area (Å²) in [5.74, 6) is -0.242. The van der Waals surface area contributed by atoms with E-state index in [4.69, 9.17) is 9.47 Å². The number of hydrogen-bond acceptors (Lipinski definition) is 4. The third-order valence-electron chi connectivity index (χ3n) is 3.11. The molecule has 2 aromatic carbocycles. The summed E-state index contributed by atoms with van der Waals surface area (Å²) in [4.78, 5) is 23.8. The van der Waals surface area contributed by atoms with Crippen molar-refractivity contribution in [1.82, 2.24) is 0 Å². The summed E-state index contributed by atoms with van der Waals surface area (Å²) in [6.45, 7) is 1.75. The molecule has 0 saturated heterocycles. The van der Waals surface area contributed by atoms with E-state index >= 15 is 0 Å². The van der Waals surface area contributed by atoms with Gasteiger partial charge in [-0.25, -0.2) is 4.79 Å². The Morgan fingerprint density at radius 1 is 1.17 bits per heavy atom. The van der Waals surface area contributed by atoms with E-state index in [0.29, 0.717) is 15.9 Å². The second-order valence-electron chi connectivity index (χ2n) is 4.78. The Morgan fingerprint density at radius 3 is 2.61 bits per heavy atom. The Bertz CT molecular complexity index is 730. The van der Waals surface area contributed by atoms with Crippen molar-refractivity contribution in [2.45, 2.75) is 6.92 Å². The van der Waals surface area contributed by atoms with Crippen molar-refractivity contribution in [3.8, 4) is 5.75 Å². The van der Waals surface area contributed by atoms with E-state index in [1.807, 2.05) is 25.1 Å². The summed E-state index contributed by atoms with van der Waals surface area (Å²) >= 11 is 3.28. The molecule has 0 aromatic heterocycles. The van der Waals surface area contributed by atoms with Crippen LogP contribution in [0.5, 0.6) is 5.75 Å². The molecule has 0 heterocycles. The van der Waals surface area contributed by atoms with Crippen LogP contribution in [0.3, 0.4) is 0 Å². The topological polar surface area (TPSA) is 64.6 Å². The molecule has 0 fully saturated rings. The Labute approximate surface area is 142 Å². The van der Waals surface area contributed by atoms with E-state index in [-0.39, 0.29) is 18.1 Å². The zero-order chi connectivity index (χ0) is 16.8. The van der Waals surface area contributed by atoms with Crippen molar-refractivity contribution in [3.05, 3.63) is 58.1 Å². The fraction of sp³-hybridized carbons (Fsp3) is 0.176. The summed E-state index contributed by atoms with van der Waals surface area (Å²) in [6.07, 6.45) is 0. The fourth-order valence-electron chi connectivity index (χ4n) is 1.95. The Morgan fingerprint density at radius 2 is 1.91 bits per heavy atom. The first kappa shape index (κ1) is 17.0. The van der Waals surface area contributed by atoms with Crippen LogP contribution < -0.4 is 10.1 Å². The van der Waals surface area contributed by atoms with Crippen LogP contribution in [0.25, 0.3) is 0 Å². The molecule has 0 aliphatic rings. The van der Waals surface area contributed by atoms with Crippen molar-refractivity contribution >= 4 is 33.5 Å². The molecule has 5 nitrogen and oxygen atoms in total. The number of carbonyl (C=O) groups excluding carboxylic acids is 2. The van der Waals surface area contributed by atoms with Crippen molar-refractivity contribution in [2.75, 3.05) is 19.0 Å². The van der Waals surface area contributed by atoms with Crippen LogP contribution in [0.4, 0.5) is 5.69 Å². The highest BCUT2D eigenvalue weighted by Crippen LogP contribution is 2.22. The lowest BCUT2D eigenvalue weighted by Gasteiger charge is -2.12. The normalized spacial score (nSPS) is 10.0. The minimum absolute atomic E-state index is 0.151. The lowest BCUT2D eigenvalue weighted by atomic mass is 10.2. The second kappa shape index (κ2) is 7.78. The van der Waals surface area contributed by atoms with Crippen LogP contribution in [0.1, 0.15) is 15.9 Å². The van der Waals surface area contributed by atoms with E-state index in [9.17, 15) is 9.59 Å². The molecule has 23 heavy (non-hydrogen) atoms. The minimum Gasteiger partial charge on any atom is -0.483 e. The van der Waals surface area contributed by atoms with Gasteiger partial charge in [0.1, 0.15) is 5.75 Å². The minimum atomic E-state index is -0.526. The number of nitrogens with one attached hydrogen (secondary N) is 1. The lowest BCUT2D eigenvalue weighted by Crippen LogP contribution is -2.22. The molecule has 120 valence electrons. The number of anilines is 1. The van der Waals surface area contributed by atoms with Gasteiger partial charge >= 0.3 is 5.97 Å². The van der Waals surface area contributed by atoms with Gasteiger partial charge in [0.2, 0.25) is 0 Å². The second-order valence-corrected chi connectivity index (χ2v) is 5.70. The quantitative estimate of drug-likeness (QED) is 0.809. The van der Waals surface area contributed by atoms with Gasteiger partial charge in [0.15, 0.2) is 6.61 Å². The lowest BCUT2D eigenvalue weighted by molar-refractivity contribution is -0.118. The van der Waals surface area contributed by atoms with Gasteiger partial charge in [-0.1, -0.05) is 34.1 Å². The summed E-state index contributed by atoms with van der Waals surface area (Å²) in [5.41, 5.74) is 1.59. The summed E-state index contributed by atoms with van der Waals surface area (Å²) in [6, 6.07) is 12.4. The van der Waals surface area contributed by atoms with Crippen molar-refractivity contribution in [2.24, 2.45) is 0 Å². The number of hydrogen-bond donors (Lipinski definition) is 1. The van der Waals surface area contributed by atoms with Crippen LogP contribution in [0.15, 0.2) is 46.9 Å². The molecule has 0 aliphatic heterocycles. The highest BCUT2D eigenvalue weighted by atomic mass is 79.9. The van der Waals surface area contributed by atoms with Gasteiger partial charge in [-0.05, 0) is 36.8 Å². The Balaban J connectivity index is 2.06. The molecule has 6 heteroatoms. The van der Waals surface area contributed by atoms with Gasteiger partial charge in [0.25, 0.3) is 5.91 Å². The number of ether oxygens (including phenoxy) is 2. The molecule has 0 spiro atoms. The largest absolute Gasteiger partial charge is 0.483 e. The molecule has 0 atom stereocenters. The molecule has 0 aliphatic carbocycles. The van der Waals surface area contributed by atoms with Gasteiger partial charge in [0, 0.05) is 4.47 Å². The first-order valence-corrected chi connectivity index (χ1v) is 7.66. The third-order valence-corrected chi connectivity index (χ3v) is 3.61. The van der Waals surface area contributed by atoms with E-state index in [1.54, 1.807) is 24.3 Å². The monoisotopic (exact) mass is 377 g/mol. The number of amides is 1. The summed E-state index contributed by atoms with van der Waals surface area (Å²) in [7, 11) is 1.29. The molecule has 2 aromatic rings. The number of esters is 1. The van der Waals surface area contributed by atoms with E-state index in [2.05, 4.69) is 21.2 Å². The van der Waals surface area contributed by atoms with Gasteiger partial charge < -0.3 is 14.8 Å². The van der Waals surface area contributed by atoms with Crippen molar-refractivity contribution in [3.63, 3.8) is 0 Å². The highest BCUT2D eigenvalue weighted by molar-refractivity contribution is 9.10. The molecular weight excluding hydrogens is 362 g/mol. The third kappa shape index (κ3) is 4.56. The summed E-state index contributed by atoms with van der Waals surface area (Å²) < 4.78 is 10.9. The maximum Gasteiger partial charge on any atom is 0.340 e. The zero-order valence-electron chi connectivity index (χ0n) is 12.8. The molecule has 1 N–H and O–H groups in total. The number of aryl methyl sites for hydroxylation is 1. The zero-order valence-corrected chi connectivity index (χ0v) is 14.3. The molecule has 0 unspecified atom stereocenters. The number of carbonyl (C=O) groups is 2. The molecule has 1 amide bonds. The van der Waals surface area contributed by atoms with E-state index in [0.717, 1.165) is 5.56 Å². The van der Waals surface area contributed by atoms with Gasteiger partial charge in [-0.2, -0.15) is 0 Å². The van der Waals surface area contributed by atoms with E-state index in [1.165, 1.54) is 7.11 Å². The SMILES string of the molecule is COC(=O)c1cc(Br)ccc1NC(=O)COc1ccccc1C. The van der Waals surface area contributed by atoms with Crippen molar-refractivity contribution < 1.29 is 19.1 Å². The number of para-hydroxylation sites is 1. The highest BCUT2D eigenvalue weighted by Gasteiger charge is 2.15. The summed E-state index contributed by atoms with van der Waals surface area (Å²) in [5, 5.41) is 2.66. The van der Waals surface area contributed by atoms with Crippen LogP contribution in [0, 0.1) is 6.92 Å². The molecule has 0 bridgehead atoms. The standard InChI is InChI=1S/C17H16BrNO4/c1-11-5-3-4-6-15(11)23-10-16(20)19-14-8-7-12(18)9-13(14)17(21)22-2/h3-9H,10H2,1-2H3,(H,19,20). The molecule has 0 radical (unpaired) electrons. The smallest absolute Gasteiger partial charge is 0.340 e. The average molecular weight is 378 g/mol. The predicted octanol–water partition coefficient (Wildman–Crippen LogP) is 3.56. The predicted molar refractivity (Wildman–Crippen MR) is 90.8 cm³/mol. The molecular formula is C17H16BrNO4. The van der Waals surface area contributed by atoms with Crippen LogP contribution in [-0.4, -0.2) is 25.6 Å². The number of methoxy groups -OCH3 is 1. The van der Waals surface area contributed by atoms with Crippen LogP contribution in [-0.2, 0) is 9.53 Å². The number of rotatable bonds is 5. The molecule has 2 rings (SSSR count). The van der Waals surface area contributed by atoms with Crippen LogP contribution >= 0.6 is 15.9 Å². The average Bonchev–Trinajstić information content (AvgIpc) is 2.55. The Kier molecular flexibility index (Phi) is 5.76. The van der Waals surface area contributed by atoms with Gasteiger partial charge in [-0.15, -0.1) is 0 Å². The molecule has 0 saturated carbocycles. The maximum absolute atomic E-state index is 12.0. The van der Waals surface area contributed by atoms with Gasteiger partial charge in [-0.3, -0.25) is 4.79 Å². The Hall–Kier alpha value is -2.34. The maximum atomic E-state index is 12.0. The number of benzene rings is 2. The fourth-order valence-corrected chi connectivity index (χ4v) is 2.31. The van der Waals surface area contributed by atoms with E-state index < -0.39 is 5.97 Å². The first-order chi connectivity index (χ1) is 11.0. The van der Waals surface area contributed by atoms with Crippen molar-refractivity contribution in [1.29, 1.82) is 0 Å². The first-order valence-electron chi connectivity index (χ1n) is 6.87. The van der Waals surface area contributed by atoms with Gasteiger partial charge in [0.05, 0.1) is 18.4 Å². The number of halogens is 1. The van der Waals surface area contributed by atoms with Crippen LogP contribution in [0.2, 0.25) is 0 Å².